The van der Waals surface area contributed by atoms with Crippen molar-refractivity contribution in [2.75, 3.05) is 27.2 Å². The van der Waals surface area contributed by atoms with Gasteiger partial charge in [0, 0.05) is 24.2 Å². The number of rotatable bonds is 7. The Morgan fingerprint density at radius 2 is 2.08 bits per heavy atom. The van der Waals surface area contributed by atoms with Gasteiger partial charge in [-0.25, -0.2) is 4.99 Å². The second-order valence-electron chi connectivity index (χ2n) is 5.80. The van der Waals surface area contributed by atoms with Crippen molar-refractivity contribution in [3.8, 4) is 11.1 Å². The molecule has 1 amide bonds. The molecule has 1 aromatic heterocycles. The molecule has 3 N–H and O–H groups in total. The number of nitrogens with two attached hydrogens (primary N) is 1. The average Bonchev–Trinajstić information content (AvgIpc) is 3.04. The van der Waals surface area contributed by atoms with Crippen molar-refractivity contribution in [3.05, 3.63) is 42.1 Å². The van der Waals surface area contributed by atoms with Crippen LogP contribution in [0.5, 0.6) is 0 Å². The van der Waals surface area contributed by atoms with Gasteiger partial charge in [0.2, 0.25) is 0 Å². The van der Waals surface area contributed by atoms with Crippen molar-refractivity contribution in [1.29, 1.82) is 0 Å². The fraction of sp³-hybridized carbons (Fsp3) is 0.278. The molecule has 0 aliphatic heterocycles. The molecule has 2 aromatic rings. The molecule has 0 fully saturated rings. The lowest BCUT2D eigenvalue weighted by Gasteiger charge is -2.10. The van der Waals surface area contributed by atoms with Gasteiger partial charge in [0.05, 0.1) is 6.20 Å². The topological polar surface area (TPSA) is 88.5 Å². The number of aromatic nitrogens is 2. The zero-order valence-corrected chi connectivity index (χ0v) is 14.9. The number of nitrogens with one attached hydrogen (secondary N) is 1. The number of amides is 1. The molecule has 1 aromatic carbocycles. The monoisotopic (exact) mass is 340 g/mol. The highest BCUT2D eigenvalue weighted by Crippen LogP contribution is 2.31. The third-order valence-corrected chi connectivity index (χ3v) is 3.74. The van der Waals surface area contributed by atoms with Crippen LogP contribution in [0.2, 0.25) is 0 Å². The largest absolute Gasteiger partial charge is 0.384 e. The van der Waals surface area contributed by atoms with E-state index in [1.165, 1.54) is 4.68 Å². The van der Waals surface area contributed by atoms with Crippen molar-refractivity contribution in [2.45, 2.75) is 6.92 Å². The van der Waals surface area contributed by atoms with E-state index in [1.807, 2.05) is 38.1 Å². The molecular formula is C18H24N6O. The van der Waals surface area contributed by atoms with Crippen LogP contribution in [0.4, 0.5) is 5.82 Å². The van der Waals surface area contributed by atoms with Gasteiger partial charge >= 0.3 is 0 Å². The van der Waals surface area contributed by atoms with Crippen LogP contribution < -0.4 is 11.1 Å². The van der Waals surface area contributed by atoms with Crippen molar-refractivity contribution >= 4 is 24.3 Å². The number of hydrogen-bond acceptors (Lipinski definition) is 5. The summed E-state index contributed by atoms with van der Waals surface area (Å²) < 4.78 is 1.53. The third-order valence-electron chi connectivity index (χ3n) is 3.74. The first-order valence-corrected chi connectivity index (χ1v) is 7.98. The number of likely N-dealkylation sites (N-methyl/N-ethyl adjacent to an activating group) is 1. The lowest BCUT2D eigenvalue weighted by molar-refractivity contribution is 0.0951. The van der Waals surface area contributed by atoms with E-state index >= 15 is 0 Å². The Hall–Kier alpha value is -2.93. The number of aliphatic imine (C=N–C) groups is 1. The first kappa shape index (κ1) is 18.4. The van der Waals surface area contributed by atoms with E-state index in [0.717, 1.165) is 17.7 Å². The lowest BCUT2D eigenvalue weighted by atomic mass is 10.1. The molecule has 0 atom stereocenters. The highest BCUT2D eigenvalue weighted by molar-refractivity contribution is 5.94. The molecule has 7 heteroatoms. The molecule has 25 heavy (non-hydrogen) atoms. The number of benzene rings is 1. The molecule has 1 heterocycles. The van der Waals surface area contributed by atoms with E-state index < -0.39 is 0 Å². The van der Waals surface area contributed by atoms with Crippen LogP contribution in [0.3, 0.4) is 0 Å². The summed E-state index contributed by atoms with van der Waals surface area (Å²) in [6, 6.07) is 7.29. The molecule has 2 rings (SSSR count). The van der Waals surface area contributed by atoms with Crippen molar-refractivity contribution in [2.24, 2.45) is 10.7 Å². The Kier molecular flexibility index (Phi) is 6.08. The fourth-order valence-electron chi connectivity index (χ4n) is 2.31. The number of nitrogens with zero attached hydrogens (tertiary/aromatic N) is 4. The number of allylic oxidation sites excluding steroid dienone is 1. The van der Waals surface area contributed by atoms with Crippen LogP contribution in [0, 0.1) is 0 Å². The Balaban J connectivity index is 2.19. The second-order valence-corrected chi connectivity index (χ2v) is 5.80. The molecule has 0 aliphatic carbocycles. The van der Waals surface area contributed by atoms with E-state index in [1.54, 1.807) is 24.4 Å². The van der Waals surface area contributed by atoms with E-state index in [4.69, 9.17) is 5.73 Å². The summed E-state index contributed by atoms with van der Waals surface area (Å²) in [4.78, 5) is 18.2. The normalized spacial score (nSPS) is 11.6. The van der Waals surface area contributed by atoms with Crippen molar-refractivity contribution < 1.29 is 4.79 Å². The predicted molar refractivity (Wildman–Crippen MR) is 102 cm³/mol. The van der Waals surface area contributed by atoms with Crippen LogP contribution in [0.1, 0.15) is 17.3 Å². The minimum absolute atomic E-state index is 0.0932. The number of carbonyl (C=O) groups is 1. The smallest absolute Gasteiger partial charge is 0.251 e. The Morgan fingerprint density at radius 3 is 2.64 bits per heavy atom. The maximum Gasteiger partial charge on any atom is 0.251 e. The van der Waals surface area contributed by atoms with Gasteiger partial charge in [0.15, 0.2) is 5.82 Å². The fourth-order valence-corrected chi connectivity index (χ4v) is 2.31. The second kappa shape index (κ2) is 8.25. The maximum atomic E-state index is 12.1. The first-order chi connectivity index (χ1) is 12.0. The average molecular weight is 340 g/mol. The van der Waals surface area contributed by atoms with Crippen LogP contribution in [-0.2, 0) is 0 Å². The molecule has 0 aliphatic rings. The molecule has 0 spiro atoms. The van der Waals surface area contributed by atoms with Gasteiger partial charge in [0.1, 0.15) is 5.82 Å². The SMILES string of the molecule is C=Nc1c(-c2ccc(C(=O)NCCN(C)C)cc2)cnn1/C(N)=C\C. The predicted octanol–water partition coefficient (Wildman–Crippen LogP) is 1.95. The zero-order valence-electron chi connectivity index (χ0n) is 14.9. The number of hydrogen-bond donors (Lipinski definition) is 2. The molecule has 0 radical (unpaired) electrons. The van der Waals surface area contributed by atoms with Crippen molar-refractivity contribution in [1.82, 2.24) is 20.0 Å². The molecule has 0 saturated carbocycles. The Labute approximate surface area is 147 Å². The van der Waals surface area contributed by atoms with Gasteiger partial charge < -0.3 is 16.0 Å². The summed E-state index contributed by atoms with van der Waals surface area (Å²) in [5, 5.41) is 7.14. The van der Waals surface area contributed by atoms with Crippen LogP contribution >= 0.6 is 0 Å². The van der Waals surface area contributed by atoms with Gasteiger partial charge in [-0.15, -0.1) is 0 Å². The van der Waals surface area contributed by atoms with Gasteiger partial charge in [-0.1, -0.05) is 12.1 Å². The molecule has 7 nitrogen and oxygen atoms in total. The van der Waals surface area contributed by atoms with E-state index in [2.05, 4.69) is 22.1 Å². The van der Waals surface area contributed by atoms with Crippen LogP contribution in [-0.4, -0.2) is 54.5 Å². The summed E-state index contributed by atoms with van der Waals surface area (Å²) >= 11 is 0. The standard InChI is InChI=1S/C18H24N6O/c1-5-16(19)24-17(20-2)15(12-22-24)13-6-8-14(9-7-13)18(25)21-10-11-23(3)4/h5-9,12H,2,10-11,19H2,1,3-4H3,(H,21,25)/b16-5-. The van der Waals surface area contributed by atoms with E-state index in [0.29, 0.717) is 23.7 Å². The van der Waals surface area contributed by atoms with Crippen LogP contribution in [0.15, 0.2) is 41.5 Å². The highest BCUT2D eigenvalue weighted by atomic mass is 16.1. The molecule has 0 unspecified atom stereocenters. The van der Waals surface area contributed by atoms with Crippen molar-refractivity contribution in [3.63, 3.8) is 0 Å². The van der Waals surface area contributed by atoms with Gasteiger partial charge in [0.25, 0.3) is 5.91 Å². The van der Waals surface area contributed by atoms with Gasteiger partial charge in [-0.2, -0.15) is 9.78 Å². The third kappa shape index (κ3) is 4.33. The molecule has 0 bridgehead atoms. The summed E-state index contributed by atoms with van der Waals surface area (Å²) in [6.07, 6.45) is 3.43. The van der Waals surface area contributed by atoms with Gasteiger partial charge in [-0.05, 0) is 51.5 Å². The van der Waals surface area contributed by atoms with Gasteiger partial charge in [-0.3, -0.25) is 4.79 Å². The zero-order chi connectivity index (χ0) is 18.4. The number of carbonyl (C=O) groups excluding carboxylic acids is 1. The summed E-state index contributed by atoms with van der Waals surface area (Å²) in [5.41, 5.74) is 8.21. The molecule has 132 valence electrons. The quantitative estimate of drug-likeness (QED) is 0.754. The maximum absolute atomic E-state index is 12.1. The summed E-state index contributed by atoms with van der Waals surface area (Å²) in [6.45, 7) is 6.83. The highest BCUT2D eigenvalue weighted by Gasteiger charge is 2.13. The Morgan fingerprint density at radius 1 is 1.40 bits per heavy atom. The minimum Gasteiger partial charge on any atom is -0.384 e. The summed E-state index contributed by atoms with van der Waals surface area (Å²) in [7, 11) is 3.93. The summed E-state index contributed by atoms with van der Waals surface area (Å²) in [5.74, 6) is 0.952. The molecule has 0 saturated heterocycles. The first-order valence-electron chi connectivity index (χ1n) is 7.98. The Bertz CT molecular complexity index is 773. The molecular weight excluding hydrogens is 316 g/mol. The minimum atomic E-state index is -0.0932. The van der Waals surface area contributed by atoms with Crippen LogP contribution in [0.25, 0.3) is 16.9 Å². The van der Waals surface area contributed by atoms with E-state index in [-0.39, 0.29) is 5.91 Å². The lowest BCUT2D eigenvalue weighted by Crippen LogP contribution is -2.31. The van der Waals surface area contributed by atoms with E-state index in [9.17, 15) is 4.79 Å².